The molecule has 6 nitrogen and oxygen atoms in total. The monoisotopic (exact) mass is 399 g/mol. The standard InChI is InChI=1S/C21H25N3O3S/c1-4-26-16-9-7-14(12-17(16)27-5-2)10-11-23-20(25)19-18(22)15-8-6-13(3)24-21(15)28-19/h6-9,12H,4-5,10-11,22H2,1-3H3,(H,23,25). The first kappa shape index (κ1) is 19.9. The maximum Gasteiger partial charge on any atom is 0.263 e. The van der Waals surface area contributed by atoms with E-state index in [2.05, 4.69) is 10.3 Å². The van der Waals surface area contributed by atoms with Crippen LogP contribution in [0.2, 0.25) is 0 Å². The molecule has 1 aromatic carbocycles. The lowest BCUT2D eigenvalue weighted by molar-refractivity contribution is 0.0959. The Morgan fingerprint density at radius 3 is 2.64 bits per heavy atom. The number of ether oxygens (including phenoxy) is 2. The smallest absolute Gasteiger partial charge is 0.263 e. The van der Waals surface area contributed by atoms with Crippen molar-refractivity contribution in [3.8, 4) is 11.5 Å². The summed E-state index contributed by atoms with van der Waals surface area (Å²) in [5, 5.41) is 3.77. The minimum absolute atomic E-state index is 0.172. The zero-order chi connectivity index (χ0) is 20.1. The molecule has 0 spiro atoms. The van der Waals surface area contributed by atoms with Crippen molar-refractivity contribution < 1.29 is 14.3 Å². The summed E-state index contributed by atoms with van der Waals surface area (Å²) in [5.74, 6) is 1.29. The van der Waals surface area contributed by atoms with Crippen LogP contribution >= 0.6 is 11.3 Å². The molecular formula is C21H25N3O3S. The fourth-order valence-corrected chi connectivity index (χ4v) is 3.97. The Morgan fingerprint density at radius 1 is 1.14 bits per heavy atom. The Morgan fingerprint density at radius 2 is 1.89 bits per heavy atom. The second kappa shape index (κ2) is 8.93. The first-order valence-corrected chi connectivity index (χ1v) is 10.2. The van der Waals surface area contributed by atoms with Gasteiger partial charge in [-0.1, -0.05) is 6.07 Å². The van der Waals surface area contributed by atoms with Gasteiger partial charge in [0.2, 0.25) is 0 Å². The van der Waals surface area contributed by atoms with Crippen LogP contribution < -0.4 is 20.5 Å². The molecule has 0 aliphatic carbocycles. The van der Waals surface area contributed by atoms with Gasteiger partial charge in [-0.25, -0.2) is 4.98 Å². The molecule has 0 saturated heterocycles. The molecule has 28 heavy (non-hydrogen) atoms. The molecule has 3 N–H and O–H groups in total. The Labute approximate surface area is 168 Å². The number of thiophene rings is 1. The van der Waals surface area contributed by atoms with Crippen molar-refractivity contribution in [1.82, 2.24) is 10.3 Å². The number of nitrogen functional groups attached to an aromatic ring is 1. The highest BCUT2D eigenvalue weighted by atomic mass is 32.1. The molecule has 2 heterocycles. The molecule has 0 fully saturated rings. The van der Waals surface area contributed by atoms with Crippen molar-refractivity contribution in [2.45, 2.75) is 27.2 Å². The van der Waals surface area contributed by atoms with Crippen LogP contribution in [0.5, 0.6) is 11.5 Å². The minimum atomic E-state index is -0.172. The average Bonchev–Trinajstić information content (AvgIpc) is 3.00. The number of fused-ring (bicyclic) bond motifs is 1. The van der Waals surface area contributed by atoms with Crippen molar-refractivity contribution in [1.29, 1.82) is 0 Å². The third kappa shape index (κ3) is 4.36. The van der Waals surface area contributed by atoms with E-state index in [0.717, 1.165) is 33.0 Å². The summed E-state index contributed by atoms with van der Waals surface area (Å²) in [6.45, 7) is 7.45. The molecule has 0 unspecified atom stereocenters. The normalized spacial score (nSPS) is 10.8. The van der Waals surface area contributed by atoms with E-state index in [1.165, 1.54) is 11.3 Å². The molecule has 3 rings (SSSR count). The van der Waals surface area contributed by atoms with Gasteiger partial charge in [0.15, 0.2) is 11.5 Å². The summed E-state index contributed by atoms with van der Waals surface area (Å²) in [4.78, 5) is 18.3. The van der Waals surface area contributed by atoms with Crippen molar-refractivity contribution in [3.05, 3.63) is 46.5 Å². The number of nitrogens with zero attached hydrogens (tertiary/aromatic N) is 1. The number of rotatable bonds is 8. The maximum atomic E-state index is 12.6. The van der Waals surface area contributed by atoms with Crippen molar-refractivity contribution in [2.24, 2.45) is 0 Å². The van der Waals surface area contributed by atoms with Crippen LogP contribution in [0.15, 0.2) is 30.3 Å². The lowest BCUT2D eigenvalue weighted by atomic mass is 10.1. The lowest BCUT2D eigenvalue weighted by Crippen LogP contribution is -2.25. The first-order chi connectivity index (χ1) is 13.5. The van der Waals surface area contributed by atoms with Gasteiger partial charge in [-0.3, -0.25) is 4.79 Å². The van der Waals surface area contributed by atoms with E-state index < -0.39 is 0 Å². The largest absolute Gasteiger partial charge is 0.490 e. The minimum Gasteiger partial charge on any atom is -0.490 e. The highest BCUT2D eigenvalue weighted by Crippen LogP contribution is 2.32. The van der Waals surface area contributed by atoms with E-state index in [1.54, 1.807) is 0 Å². The zero-order valence-corrected chi connectivity index (χ0v) is 17.2. The van der Waals surface area contributed by atoms with Gasteiger partial charge in [0.05, 0.1) is 18.9 Å². The van der Waals surface area contributed by atoms with Crippen LogP contribution in [-0.4, -0.2) is 30.6 Å². The van der Waals surface area contributed by atoms with Crippen LogP contribution in [0.25, 0.3) is 10.2 Å². The summed E-state index contributed by atoms with van der Waals surface area (Å²) in [7, 11) is 0. The molecule has 7 heteroatoms. The van der Waals surface area contributed by atoms with Crippen LogP contribution in [0.3, 0.4) is 0 Å². The SMILES string of the molecule is CCOc1ccc(CCNC(=O)c2sc3nc(C)ccc3c2N)cc1OCC. The molecule has 0 aliphatic rings. The van der Waals surface area contributed by atoms with Crippen molar-refractivity contribution in [2.75, 3.05) is 25.5 Å². The van der Waals surface area contributed by atoms with Gasteiger partial charge in [-0.15, -0.1) is 11.3 Å². The second-order valence-corrected chi connectivity index (χ2v) is 7.30. The molecule has 0 radical (unpaired) electrons. The van der Waals surface area contributed by atoms with Gasteiger partial charge in [0, 0.05) is 17.6 Å². The van der Waals surface area contributed by atoms with E-state index in [4.69, 9.17) is 15.2 Å². The molecule has 0 atom stereocenters. The third-order valence-electron chi connectivity index (χ3n) is 4.25. The van der Waals surface area contributed by atoms with Gasteiger partial charge in [0.1, 0.15) is 9.71 Å². The van der Waals surface area contributed by atoms with Gasteiger partial charge in [-0.05, 0) is 57.0 Å². The predicted octanol–water partition coefficient (Wildman–Crippen LogP) is 3.96. The summed E-state index contributed by atoms with van der Waals surface area (Å²) >= 11 is 1.32. The van der Waals surface area contributed by atoms with E-state index in [0.29, 0.717) is 36.7 Å². The summed E-state index contributed by atoms with van der Waals surface area (Å²) in [6, 6.07) is 9.66. The van der Waals surface area contributed by atoms with Gasteiger partial charge >= 0.3 is 0 Å². The van der Waals surface area contributed by atoms with E-state index in [1.807, 2.05) is 51.1 Å². The average molecular weight is 400 g/mol. The molecule has 0 bridgehead atoms. The van der Waals surface area contributed by atoms with Gasteiger partial charge in [0.25, 0.3) is 5.91 Å². The summed E-state index contributed by atoms with van der Waals surface area (Å²) < 4.78 is 11.2. The highest BCUT2D eigenvalue weighted by molar-refractivity contribution is 7.21. The number of aromatic nitrogens is 1. The van der Waals surface area contributed by atoms with Crippen LogP contribution in [0, 0.1) is 6.92 Å². The maximum absolute atomic E-state index is 12.6. The van der Waals surface area contributed by atoms with Crippen molar-refractivity contribution >= 4 is 33.1 Å². The molecule has 1 amide bonds. The molecular weight excluding hydrogens is 374 g/mol. The number of benzene rings is 1. The number of hydrogen-bond acceptors (Lipinski definition) is 6. The zero-order valence-electron chi connectivity index (χ0n) is 16.4. The number of anilines is 1. The number of carbonyl (C=O) groups is 1. The fourth-order valence-electron chi connectivity index (χ4n) is 2.91. The molecule has 148 valence electrons. The van der Waals surface area contributed by atoms with Crippen molar-refractivity contribution in [3.63, 3.8) is 0 Å². The number of carbonyl (C=O) groups excluding carboxylic acids is 1. The fraction of sp³-hybridized carbons (Fsp3) is 0.333. The lowest BCUT2D eigenvalue weighted by Gasteiger charge is -2.12. The Hall–Kier alpha value is -2.80. The molecule has 0 saturated carbocycles. The number of nitrogens with two attached hydrogens (primary N) is 1. The Bertz CT molecular complexity index is 984. The van der Waals surface area contributed by atoms with Gasteiger partial charge in [-0.2, -0.15) is 0 Å². The summed E-state index contributed by atoms with van der Waals surface area (Å²) in [6.07, 6.45) is 0.681. The second-order valence-electron chi connectivity index (χ2n) is 6.30. The van der Waals surface area contributed by atoms with Crippen LogP contribution in [-0.2, 0) is 6.42 Å². The van der Waals surface area contributed by atoms with Gasteiger partial charge < -0.3 is 20.5 Å². The predicted molar refractivity (Wildman–Crippen MR) is 114 cm³/mol. The molecule has 0 aliphatic heterocycles. The third-order valence-corrected chi connectivity index (χ3v) is 5.36. The number of hydrogen-bond donors (Lipinski definition) is 2. The Kier molecular flexibility index (Phi) is 6.36. The first-order valence-electron chi connectivity index (χ1n) is 9.35. The summed E-state index contributed by atoms with van der Waals surface area (Å²) in [5.41, 5.74) is 8.61. The number of aryl methyl sites for hydroxylation is 1. The topological polar surface area (TPSA) is 86.5 Å². The van der Waals surface area contributed by atoms with E-state index in [9.17, 15) is 4.79 Å². The molecule has 2 aromatic heterocycles. The van der Waals surface area contributed by atoms with E-state index in [-0.39, 0.29) is 5.91 Å². The highest BCUT2D eigenvalue weighted by Gasteiger charge is 2.17. The van der Waals surface area contributed by atoms with Crippen LogP contribution in [0.4, 0.5) is 5.69 Å². The number of nitrogens with one attached hydrogen (secondary N) is 1. The number of pyridine rings is 1. The van der Waals surface area contributed by atoms with Crippen LogP contribution in [0.1, 0.15) is 34.8 Å². The van der Waals surface area contributed by atoms with E-state index >= 15 is 0 Å². The Balaban J connectivity index is 1.65. The molecule has 3 aromatic rings. The quantitative estimate of drug-likeness (QED) is 0.599. The number of amides is 1.